The van der Waals surface area contributed by atoms with Crippen LogP contribution in [-0.4, -0.2) is 48.4 Å². The Hall–Kier alpha value is -2.16. The normalized spacial score (nSPS) is 40.8. The van der Waals surface area contributed by atoms with Crippen molar-refractivity contribution >= 4 is 60.9 Å². The van der Waals surface area contributed by atoms with E-state index in [1.54, 1.807) is 19.3 Å². The van der Waals surface area contributed by atoms with Crippen LogP contribution in [0.3, 0.4) is 0 Å². The number of nitrogens with one attached hydrogen (secondary N) is 4. The molecular weight excluding hydrogens is 1010 g/mol. The van der Waals surface area contributed by atoms with E-state index in [9.17, 15) is 19.2 Å². The lowest BCUT2D eigenvalue weighted by atomic mass is 9.48. The van der Waals surface area contributed by atoms with Crippen LogP contribution < -0.4 is 26.0 Å². The molecule has 9 nitrogen and oxygen atoms in total. The van der Waals surface area contributed by atoms with Crippen molar-refractivity contribution in [3.05, 3.63) is 54.1 Å². The number of carbonyl (C=O) groups excluding carboxylic acids is 4. The van der Waals surface area contributed by atoms with Gasteiger partial charge in [-0.25, -0.2) is 0 Å². The minimum Gasteiger partial charge on any atom is -0.497 e. The Balaban J connectivity index is 0.000000186. The first kappa shape index (κ1) is 48.8. The van der Waals surface area contributed by atoms with Crippen LogP contribution in [0.4, 0.5) is 0 Å². The van der Waals surface area contributed by atoms with Crippen molar-refractivity contribution in [3.8, 4) is 5.75 Å². The molecule has 2 aliphatic heterocycles. The van der Waals surface area contributed by atoms with Gasteiger partial charge in [0.25, 0.3) is 0 Å². The summed E-state index contributed by atoms with van der Waals surface area (Å²) in [6, 6.07) is 8.52. The fourth-order valence-electron chi connectivity index (χ4n) is 15.5. The highest BCUT2D eigenvalue weighted by Gasteiger charge is 2.63. The SMILES string of the molecule is CC(C)(C)NC(=O)C1CCC2C3CCC4NC(=O)C=CC4(C)C3CCC12C.COc1ccc(C(C)(C)NC(=O)C2CCC3C4CCC5NC(=O)C=CC5(C)C4CCC23C)cc1.II. The van der Waals surface area contributed by atoms with Crippen molar-refractivity contribution in [1.29, 1.82) is 0 Å². The van der Waals surface area contributed by atoms with E-state index in [1.807, 2.05) is 24.3 Å². The summed E-state index contributed by atoms with van der Waals surface area (Å²) in [6.07, 6.45) is 21.2. The van der Waals surface area contributed by atoms with Crippen LogP contribution in [-0.2, 0) is 24.7 Å². The second-order valence-electron chi connectivity index (χ2n) is 23.4. The molecule has 8 aliphatic rings. The second kappa shape index (κ2) is 18.1. The number of fused-ring (bicyclic) bond motifs is 10. The molecule has 4 N–H and O–H groups in total. The lowest BCUT2D eigenvalue weighted by molar-refractivity contribution is -0.136. The Kier molecular flexibility index (Phi) is 14.0. The van der Waals surface area contributed by atoms with E-state index in [-0.39, 0.29) is 74.7 Å². The van der Waals surface area contributed by atoms with Crippen LogP contribution >= 0.6 is 37.2 Å². The molecule has 0 spiro atoms. The van der Waals surface area contributed by atoms with Gasteiger partial charge in [0.2, 0.25) is 23.6 Å². The largest absolute Gasteiger partial charge is 0.497 e. The number of carbonyl (C=O) groups is 4. The molecule has 14 atom stereocenters. The molecule has 1 aromatic carbocycles. The minimum atomic E-state index is -0.439. The topological polar surface area (TPSA) is 126 Å². The maximum absolute atomic E-state index is 13.7. The second-order valence-corrected chi connectivity index (χ2v) is 23.4. The molecule has 2 heterocycles. The van der Waals surface area contributed by atoms with Crippen LogP contribution in [0.15, 0.2) is 48.6 Å². The Labute approximate surface area is 401 Å². The molecule has 6 saturated carbocycles. The molecule has 0 bridgehead atoms. The van der Waals surface area contributed by atoms with Gasteiger partial charge in [-0.3, -0.25) is 19.2 Å². The molecule has 1 aromatic rings. The van der Waals surface area contributed by atoms with Gasteiger partial charge in [0.05, 0.1) is 12.6 Å². The summed E-state index contributed by atoms with van der Waals surface area (Å²) in [5.74, 6) is 5.34. The predicted molar refractivity (Wildman–Crippen MR) is 268 cm³/mol. The quantitative estimate of drug-likeness (QED) is 0.219. The molecule has 4 amide bonds. The summed E-state index contributed by atoms with van der Waals surface area (Å²) in [5.41, 5.74) is 0.763. The fraction of sp³-hybridized carbons (Fsp3) is 0.731. The third-order valence-corrected chi connectivity index (χ3v) is 18.8. The summed E-state index contributed by atoms with van der Waals surface area (Å²) in [7, 11) is 1.67. The van der Waals surface area contributed by atoms with Crippen molar-refractivity contribution in [3.63, 3.8) is 0 Å². The molecule has 348 valence electrons. The van der Waals surface area contributed by atoms with Gasteiger partial charge in [0, 0.05) is 77.5 Å². The molecule has 9 rings (SSSR count). The van der Waals surface area contributed by atoms with Crippen LogP contribution in [0.2, 0.25) is 0 Å². The highest BCUT2D eigenvalue weighted by Crippen LogP contribution is 2.66. The van der Waals surface area contributed by atoms with Crippen molar-refractivity contribution in [2.45, 2.75) is 163 Å². The van der Waals surface area contributed by atoms with E-state index in [0.717, 1.165) is 69.1 Å². The summed E-state index contributed by atoms with van der Waals surface area (Å²) in [4.78, 5) is 50.6. The Morgan fingerprint density at radius 1 is 0.619 bits per heavy atom. The number of hydrogen-bond donors (Lipinski definition) is 4. The fourth-order valence-corrected chi connectivity index (χ4v) is 15.5. The first-order chi connectivity index (χ1) is 29.6. The van der Waals surface area contributed by atoms with E-state index in [0.29, 0.717) is 35.5 Å². The highest BCUT2D eigenvalue weighted by molar-refractivity contribution is 15.0. The zero-order chi connectivity index (χ0) is 45.9. The monoisotopic (exact) mass is 1090 g/mol. The summed E-state index contributed by atoms with van der Waals surface area (Å²) in [5, 5.41) is 13.1. The van der Waals surface area contributed by atoms with E-state index >= 15 is 0 Å². The molecule has 14 unspecified atom stereocenters. The smallest absolute Gasteiger partial charge is 0.243 e. The maximum Gasteiger partial charge on any atom is 0.243 e. The highest BCUT2D eigenvalue weighted by atomic mass is 128. The molecule has 63 heavy (non-hydrogen) atoms. The van der Waals surface area contributed by atoms with Crippen LogP contribution in [0.25, 0.3) is 0 Å². The number of ether oxygens (including phenoxy) is 1. The van der Waals surface area contributed by atoms with Gasteiger partial charge in [-0.05, 0) is 188 Å². The van der Waals surface area contributed by atoms with Gasteiger partial charge in [-0.2, -0.15) is 0 Å². The first-order valence-electron chi connectivity index (χ1n) is 24.1. The van der Waals surface area contributed by atoms with Gasteiger partial charge in [0.1, 0.15) is 5.75 Å². The molecule has 6 fully saturated rings. The van der Waals surface area contributed by atoms with Crippen molar-refractivity contribution in [2.24, 2.45) is 69.0 Å². The molecule has 0 aromatic heterocycles. The lowest BCUT2D eigenvalue weighted by Gasteiger charge is -2.58. The van der Waals surface area contributed by atoms with Crippen LogP contribution in [0.1, 0.15) is 145 Å². The number of halogens is 2. The van der Waals surface area contributed by atoms with Gasteiger partial charge in [-0.1, -0.05) is 52.0 Å². The Bertz CT molecular complexity index is 1960. The zero-order valence-electron chi connectivity index (χ0n) is 39.7. The molecule has 0 saturated heterocycles. The van der Waals surface area contributed by atoms with Gasteiger partial charge >= 0.3 is 0 Å². The summed E-state index contributed by atoms with van der Waals surface area (Å²) < 4.78 is 5.29. The average molecular weight is 1090 g/mol. The van der Waals surface area contributed by atoms with Crippen molar-refractivity contribution < 1.29 is 23.9 Å². The van der Waals surface area contributed by atoms with E-state index < -0.39 is 5.54 Å². The van der Waals surface area contributed by atoms with E-state index in [4.69, 9.17) is 4.74 Å². The maximum atomic E-state index is 13.7. The lowest BCUT2D eigenvalue weighted by Crippen LogP contribution is -2.59. The number of benzene rings is 1. The molecular formula is C52H76I2N4O5. The first-order valence-corrected chi connectivity index (χ1v) is 30.3. The summed E-state index contributed by atoms with van der Waals surface area (Å²) in [6.45, 7) is 19.9. The Morgan fingerprint density at radius 3 is 1.46 bits per heavy atom. The van der Waals surface area contributed by atoms with Crippen LogP contribution in [0, 0.1) is 69.0 Å². The zero-order valence-corrected chi connectivity index (χ0v) is 44.0. The molecule has 11 heteroatoms. The number of rotatable bonds is 5. The third kappa shape index (κ3) is 8.92. The molecule has 6 aliphatic carbocycles. The average Bonchev–Trinajstić information content (AvgIpc) is 3.79. The van der Waals surface area contributed by atoms with Gasteiger partial charge in [-0.15, -0.1) is 0 Å². The van der Waals surface area contributed by atoms with Crippen LogP contribution in [0.5, 0.6) is 5.75 Å². The van der Waals surface area contributed by atoms with Crippen molar-refractivity contribution in [2.75, 3.05) is 7.11 Å². The van der Waals surface area contributed by atoms with E-state index in [2.05, 4.69) is 133 Å². The van der Waals surface area contributed by atoms with Gasteiger partial charge < -0.3 is 26.0 Å². The Morgan fingerprint density at radius 2 is 1.05 bits per heavy atom. The number of methoxy groups -OCH3 is 1. The van der Waals surface area contributed by atoms with E-state index in [1.165, 1.54) is 19.3 Å². The standard InChI is InChI=1S/C29H40N2O3.C23H36N2O2.I2/c1-27(2,18-6-8-19(34-5)9-7-18)31-26(33)23-12-11-21-20-10-13-24-29(4,17-15-25(32)30-24)22(20)14-16-28(21,23)3;1-21(2,3)25-20(27)17-8-7-15-14-6-9-18-23(5,13-11-19(26)24-18)16(14)10-12-22(15,17)4;1-2/h6-9,15,17,20-24H,10-14,16H2,1-5H3,(H,30,32)(H,31,33);11,13-18H,6-10,12H2,1-5H3,(H,24,26)(H,25,27);. The predicted octanol–water partition coefficient (Wildman–Crippen LogP) is 10.5. The number of hydrogen-bond acceptors (Lipinski definition) is 5. The molecule has 0 radical (unpaired) electrons. The minimum absolute atomic E-state index is 0.0366. The third-order valence-electron chi connectivity index (χ3n) is 18.8. The van der Waals surface area contributed by atoms with Gasteiger partial charge in [0.15, 0.2) is 0 Å². The number of amides is 4. The summed E-state index contributed by atoms with van der Waals surface area (Å²) >= 11 is 4.24. The van der Waals surface area contributed by atoms with Crippen molar-refractivity contribution in [1.82, 2.24) is 21.3 Å².